The van der Waals surface area contributed by atoms with E-state index in [0.29, 0.717) is 11.4 Å². The maximum absolute atomic E-state index is 12.1. The Labute approximate surface area is 121 Å². The fraction of sp³-hybridized carbons (Fsp3) is 0.429. The molecule has 0 spiro atoms. The Morgan fingerprint density at radius 1 is 1.35 bits per heavy atom. The van der Waals surface area contributed by atoms with Gasteiger partial charge < -0.3 is 15.1 Å². The lowest BCUT2D eigenvalue weighted by Gasteiger charge is -2.21. The van der Waals surface area contributed by atoms with E-state index in [0.717, 1.165) is 5.56 Å². The average molecular weight is 298 g/mol. The summed E-state index contributed by atoms with van der Waals surface area (Å²) in [6.07, 6.45) is -0.0365. The highest BCUT2D eigenvalue weighted by Crippen LogP contribution is 2.21. The van der Waals surface area contributed by atoms with Gasteiger partial charge in [0.15, 0.2) is 0 Å². The Bertz CT molecular complexity index is 520. The van der Waals surface area contributed by atoms with Crippen LogP contribution in [0.25, 0.3) is 0 Å². The van der Waals surface area contributed by atoms with Crippen molar-refractivity contribution in [3.63, 3.8) is 0 Å². The molecule has 1 aromatic carbocycles. The van der Waals surface area contributed by atoms with Gasteiger partial charge in [0, 0.05) is 24.4 Å². The molecular weight excluding hydrogens is 282 g/mol. The number of aryl methyl sites for hydroxylation is 1. The molecular formula is C14H16ClNO4. The maximum atomic E-state index is 12.1. The second kappa shape index (κ2) is 6.24. The molecule has 1 aliphatic heterocycles. The van der Waals surface area contributed by atoms with Crippen LogP contribution >= 0.6 is 11.6 Å². The van der Waals surface area contributed by atoms with E-state index in [4.69, 9.17) is 16.7 Å². The van der Waals surface area contributed by atoms with E-state index in [2.05, 4.69) is 0 Å². The number of nitrogens with zero attached hydrogens (tertiary/aromatic N) is 1. The fourth-order valence-electron chi connectivity index (χ4n) is 2.41. The molecule has 1 saturated heterocycles. The van der Waals surface area contributed by atoms with Crippen LogP contribution in [0.3, 0.4) is 0 Å². The van der Waals surface area contributed by atoms with Gasteiger partial charge in [0.25, 0.3) is 0 Å². The number of halogens is 1. The molecule has 0 radical (unpaired) electrons. The molecule has 0 aliphatic carbocycles. The van der Waals surface area contributed by atoms with Gasteiger partial charge >= 0.3 is 5.97 Å². The topological polar surface area (TPSA) is 77.8 Å². The highest BCUT2D eigenvalue weighted by Gasteiger charge is 2.38. The van der Waals surface area contributed by atoms with Crippen molar-refractivity contribution in [1.82, 2.24) is 4.90 Å². The van der Waals surface area contributed by atoms with Crippen LogP contribution in [0.1, 0.15) is 18.4 Å². The minimum atomic E-state index is -1.08. The zero-order valence-electron chi connectivity index (χ0n) is 10.8. The van der Waals surface area contributed by atoms with Crippen LogP contribution in [0.15, 0.2) is 24.3 Å². The molecule has 5 nitrogen and oxygen atoms in total. The molecule has 2 atom stereocenters. The maximum Gasteiger partial charge on any atom is 0.326 e. The van der Waals surface area contributed by atoms with Crippen molar-refractivity contribution in [3.8, 4) is 0 Å². The Morgan fingerprint density at radius 2 is 2.05 bits per heavy atom. The number of carbonyl (C=O) groups excluding carboxylic acids is 1. The molecule has 0 saturated carbocycles. The highest BCUT2D eigenvalue weighted by atomic mass is 35.5. The predicted octanol–water partition coefficient (Wildman–Crippen LogP) is 1.32. The Hall–Kier alpha value is -1.59. The summed E-state index contributed by atoms with van der Waals surface area (Å²) in [6, 6.07) is 6.31. The van der Waals surface area contributed by atoms with Gasteiger partial charge in [-0.2, -0.15) is 0 Å². The number of aliphatic hydroxyl groups excluding tert-OH is 1. The number of hydrogen-bond donors (Lipinski definition) is 2. The number of aliphatic carboxylic acids is 1. The fourth-order valence-corrected chi connectivity index (χ4v) is 2.64. The average Bonchev–Trinajstić information content (AvgIpc) is 2.80. The second-order valence-corrected chi connectivity index (χ2v) is 5.29. The van der Waals surface area contributed by atoms with Crippen molar-refractivity contribution in [2.24, 2.45) is 0 Å². The highest BCUT2D eigenvalue weighted by molar-refractivity contribution is 6.31. The first-order chi connectivity index (χ1) is 9.49. The van der Waals surface area contributed by atoms with Crippen molar-refractivity contribution in [3.05, 3.63) is 34.9 Å². The monoisotopic (exact) mass is 297 g/mol. The van der Waals surface area contributed by atoms with Crippen LogP contribution in [0.2, 0.25) is 5.02 Å². The van der Waals surface area contributed by atoms with E-state index in [1.54, 1.807) is 6.07 Å². The molecule has 2 rings (SSSR count). The summed E-state index contributed by atoms with van der Waals surface area (Å²) < 4.78 is 0. The van der Waals surface area contributed by atoms with Gasteiger partial charge in [0.1, 0.15) is 6.04 Å². The van der Waals surface area contributed by atoms with Crippen molar-refractivity contribution < 1.29 is 19.8 Å². The third kappa shape index (κ3) is 3.29. The zero-order valence-corrected chi connectivity index (χ0v) is 11.6. The number of benzene rings is 1. The molecule has 6 heteroatoms. The Morgan fingerprint density at radius 3 is 2.70 bits per heavy atom. The lowest BCUT2D eigenvalue weighted by atomic mass is 10.1. The van der Waals surface area contributed by atoms with E-state index in [1.165, 1.54) is 4.90 Å². The molecule has 108 valence electrons. The largest absolute Gasteiger partial charge is 0.480 e. The number of hydrogen-bond acceptors (Lipinski definition) is 3. The summed E-state index contributed by atoms with van der Waals surface area (Å²) in [5.41, 5.74) is 0.856. The SMILES string of the molecule is O=C(O)C1CC(O)CN1C(=O)CCc1ccccc1Cl. The molecule has 2 unspecified atom stereocenters. The minimum absolute atomic E-state index is 0.0817. The van der Waals surface area contributed by atoms with Gasteiger partial charge in [-0.1, -0.05) is 29.8 Å². The standard InChI is InChI=1S/C14H16ClNO4/c15-11-4-2-1-3-9(11)5-6-13(18)16-8-10(17)7-12(16)14(19)20/h1-4,10,12,17H,5-8H2,(H,19,20). The van der Waals surface area contributed by atoms with E-state index in [-0.39, 0.29) is 25.3 Å². The van der Waals surface area contributed by atoms with Crippen LogP contribution < -0.4 is 0 Å². The van der Waals surface area contributed by atoms with E-state index in [1.807, 2.05) is 18.2 Å². The summed E-state index contributed by atoms with van der Waals surface area (Å²) in [7, 11) is 0. The van der Waals surface area contributed by atoms with Gasteiger partial charge in [0.05, 0.1) is 6.10 Å². The first kappa shape index (κ1) is 14.8. The van der Waals surface area contributed by atoms with Crippen LogP contribution in [0, 0.1) is 0 Å². The van der Waals surface area contributed by atoms with Crippen LogP contribution in [0.4, 0.5) is 0 Å². The first-order valence-corrected chi connectivity index (χ1v) is 6.80. The summed E-state index contributed by atoms with van der Waals surface area (Å²) in [5, 5.41) is 19.2. The third-order valence-electron chi connectivity index (χ3n) is 3.45. The molecule has 1 aromatic rings. The molecule has 20 heavy (non-hydrogen) atoms. The Kier molecular flexibility index (Phi) is 4.62. The summed E-state index contributed by atoms with van der Waals surface area (Å²) in [6.45, 7) is 0.0817. The summed E-state index contributed by atoms with van der Waals surface area (Å²) >= 11 is 6.01. The quantitative estimate of drug-likeness (QED) is 0.878. The smallest absolute Gasteiger partial charge is 0.326 e. The van der Waals surface area contributed by atoms with Crippen molar-refractivity contribution in [2.75, 3.05) is 6.54 Å². The zero-order chi connectivity index (χ0) is 14.7. The van der Waals surface area contributed by atoms with Gasteiger partial charge in [-0.25, -0.2) is 4.79 Å². The molecule has 1 aliphatic rings. The molecule has 1 fully saturated rings. The van der Waals surface area contributed by atoms with Crippen LogP contribution in [0.5, 0.6) is 0 Å². The number of carboxylic acid groups (broad SMARTS) is 1. The molecule has 2 N–H and O–H groups in total. The minimum Gasteiger partial charge on any atom is -0.480 e. The van der Waals surface area contributed by atoms with Crippen molar-refractivity contribution in [1.29, 1.82) is 0 Å². The number of amides is 1. The lowest BCUT2D eigenvalue weighted by molar-refractivity contribution is -0.148. The van der Waals surface area contributed by atoms with Crippen molar-refractivity contribution in [2.45, 2.75) is 31.4 Å². The Balaban J connectivity index is 1.98. The number of aliphatic hydroxyl groups is 1. The molecule has 0 aromatic heterocycles. The number of carboxylic acids is 1. The first-order valence-electron chi connectivity index (χ1n) is 6.42. The van der Waals surface area contributed by atoms with E-state index >= 15 is 0 Å². The summed E-state index contributed by atoms with van der Waals surface area (Å²) in [5.74, 6) is -1.35. The second-order valence-electron chi connectivity index (χ2n) is 4.88. The van der Waals surface area contributed by atoms with Crippen LogP contribution in [-0.2, 0) is 16.0 Å². The predicted molar refractivity (Wildman–Crippen MR) is 73.5 cm³/mol. The summed E-state index contributed by atoms with van der Waals surface area (Å²) in [4.78, 5) is 24.4. The lowest BCUT2D eigenvalue weighted by Crippen LogP contribution is -2.40. The number of rotatable bonds is 4. The molecule has 1 amide bonds. The van der Waals surface area contributed by atoms with E-state index < -0.39 is 18.1 Å². The van der Waals surface area contributed by atoms with Gasteiger partial charge in [-0.15, -0.1) is 0 Å². The number of β-amino-alcohol motifs (C(OH)–C–C–N with tert-alkyl or cyclic N) is 1. The third-order valence-corrected chi connectivity index (χ3v) is 3.82. The van der Waals surface area contributed by atoms with Gasteiger partial charge in [-0.05, 0) is 18.1 Å². The van der Waals surface area contributed by atoms with Crippen molar-refractivity contribution >= 4 is 23.5 Å². The van der Waals surface area contributed by atoms with Gasteiger partial charge in [-0.3, -0.25) is 4.79 Å². The van der Waals surface area contributed by atoms with Crippen LogP contribution in [-0.4, -0.2) is 45.7 Å². The number of likely N-dealkylation sites (tertiary alicyclic amines) is 1. The molecule has 1 heterocycles. The van der Waals surface area contributed by atoms with E-state index in [9.17, 15) is 14.7 Å². The normalized spacial score (nSPS) is 22.0. The number of carbonyl (C=O) groups is 2. The van der Waals surface area contributed by atoms with Gasteiger partial charge in [0.2, 0.25) is 5.91 Å². The molecule has 0 bridgehead atoms.